The molecule has 0 bridgehead atoms. The first-order valence-electron chi connectivity index (χ1n) is 5.34. The molecule has 18 heavy (non-hydrogen) atoms. The Balaban J connectivity index is 2.03. The Morgan fingerprint density at radius 1 is 1.22 bits per heavy atom. The highest BCUT2D eigenvalue weighted by atomic mass is 32.2. The number of benzene rings is 1. The third-order valence-electron chi connectivity index (χ3n) is 2.27. The number of Topliss-reactive ketones (excluding diaryl/α,β-unsaturated/α-hetero) is 1. The van der Waals surface area contributed by atoms with Crippen LogP contribution < -0.4 is 0 Å². The van der Waals surface area contributed by atoms with Crippen LogP contribution in [0.4, 0.5) is 0 Å². The van der Waals surface area contributed by atoms with Gasteiger partial charge in [-0.15, -0.1) is 10.2 Å². The van der Waals surface area contributed by atoms with Crippen LogP contribution in [-0.4, -0.2) is 27.5 Å². The maximum atomic E-state index is 12.2. The van der Waals surface area contributed by atoms with E-state index in [9.17, 15) is 4.79 Å². The SMILES string of the molecule is CSc1nnc(S[C@@H](C)C(=O)c2ccccc2)s1. The van der Waals surface area contributed by atoms with E-state index in [1.54, 1.807) is 11.8 Å². The van der Waals surface area contributed by atoms with Gasteiger partial charge in [0, 0.05) is 5.56 Å². The van der Waals surface area contributed by atoms with Crippen LogP contribution >= 0.6 is 34.9 Å². The quantitative estimate of drug-likeness (QED) is 0.622. The van der Waals surface area contributed by atoms with Gasteiger partial charge < -0.3 is 0 Å². The van der Waals surface area contributed by atoms with Crippen molar-refractivity contribution in [2.24, 2.45) is 0 Å². The number of rotatable bonds is 5. The maximum Gasteiger partial charge on any atom is 0.175 e. The smallest absolute Gasteiger partial charge is 0.175 e. The summed E-state index contributed by atoms with van der Waals surface area (Å²) in [5.74, 6) is 0.126. The molecule has 3 nitrogen and oxygen atoms in total. The summed E-state index contributed by atoms with van der Waals surface area (Å²) in [5, 5.41) is 7.94. The van der Waals surface area contributed by atoms with E-state index >= 15 is 0 Å². The topological polar surface area (TPSA) is 42.9 Å². The molecule has 0 aliphatic carbocycles. The summed E-state index contributed by atoms with van der Waals surface area (Å²) in [5.41, 5.74) is 0.743. The van der Waals surface area contributed by atoms with Crippen LogP contribution in [-0.2, 0) is 0 Å². The molecule has 94 valence electrons. The molecule has 0 unspecified atom stereocenters. The summed E-state index contributed by atoms with van der Waals surface area (Å²) in [7, 11) is 0. The fourth-order valence-corrected chi connectivity index (χ4v) is 4.03. The minimum Gasteiger partial charge on any atom is -0.293 e. The molecule has 0 fully saturated rings. The molecule has 0 aliphatic rings. The van der Waals surface area contributed by atoms with Gasteiger partial charge in [-0.1, -0.05) is 65.2 Å². The highest BCUT2D eigenvalue weighted by molar-refractivity contribution is 8.03. The normalized spacial score (nSPS) is 12.3. The molecule has 1 aromatic carbocycles. The van der Waals surface area contributed by atoms with Gasteiger partial charge >= 0.3 is 0 Å². The highest BCUT2D eigenvalue weighted by Gasteiger charge is 2.18. The lowest BCUT2D eigenvalue weighted by molar-refractivity contribution is 0.0994. The van der Waals surface area contributed by atoms with E-state index in [-0.39, 0.29) is 11.0 Å². The zero-order chi connectivity index (χ0) is 13.0. The first-order valence-corrected chi connectivity index (χ1v) is 8.26. The average molecular weight is 296 g/mol. The summed E-state index contributed by atoms with van der Waals surface area (Å²) in [6.07, 6.45) is 1.97. The monoisotopic (exact) mass is 296 g/mol. The lowest BCUT2D eigenvalue weighted by Crippen LogP contribution is -2.13. The molecule has 2 aromatic rings. The number of carbonyl (C=O) groups excluding carboxylic acids is 1. The summed E-state index contributed by atoms with van der Waals surface area (Å²) in [4.78, 5) is 12.2. The van der Waals surface area contributed by atoms with E-state index < -0.39 is 0 Å². The predicted octanol–water partition coefficient (Wildman–Crippen LogP) is 3.62. The minimum atomic E-state index is -0.143. The molecular weight excluding hydrogens is 284 g/mol. The zero-order valence-electron chi connectivity index (χ0n) is 9.99. The molecule has 0 radical (unpaired) electrons. The first-order chi connectivity index (χ1) is 8.70. The van der Waals surface area contributed by atoms with Crippen LogP contribution in [0.25, 0.3) is 0 Å². The van der Waals surface area contributed by atoms with E-state index in [4.69, 9.17) is 0 Å². The van der Waals surface area contributed by atoms with E-state index in [2.05, 4.69) is 10.2 Å². The van der Waals surface area contributed by atoms with Crippen LogP contribution in [0.5, 0.6) is 0 Å². The van der Waals surface area contributed by atoms with Crippen LogP contribution in [0.15, 0.2) is 39.0 Å². The standard InChI is InChI=1S/C12H12N2OS3/c1-8(10(15)9-6-4-3-5-7-9)17-12-14-13-11(16-2)18-12/h3-8H,1-2H3/t8-/m0/s1. The zero-order valence-corrected chi connectivity index (χ0v) is 12.4. The Labute approximate surface area is 118 Å². The van der Waals surface area contributed by atoms with E-state index in [0.29, 0.717) is 0 Å². The Hall–Kier alpha value is -0.850. The van der Waals surface area contributed by atoms with Crippen LogP contribution in [0.2, 0.25) is 0 Å². The number of hydrogen-bond acceptors (Lipinski definition) is 6. The van der Waals surface area contributed by atoms with Crippen LogP contribution in [0, 0.1) is 0 Å². The average Bonchev–Trinajstić information content (AvgIpc) is 2.86. The molecule has 0 aliphatic heterocycles. The van der Waals surface area contributed by atoms with Gasteiger partial charge in [0.05, 0.1) is 5.25 Å². The van der Waals surface area contributed by atoms with Crippen molar-refractivity contribution < 1.29 is 4.79 Å². The molecule has 0 saturated heterocycles. The highest BCUT2D eigenvalue weighted by Crippen LogP contribution is 2.31. The summed E-state index contributed by atoms with van der Waals surface area (Å²) in [6, 6.07) is 9.34. The van der Waals surface area contributed by atoms with Gasteiger partial charge in [-0.25, -0.2) is 0 Å². The van der Waals surface area contributed by atoms with E-state index in [1.165, 1.54) is 23.1 Å². The third kappa shape index (κ3) is 3.34. The molecule has 0 amide bonds. The Morgan fingerprint density at radius 3 is 2.50 bits per heavy atom. The predicted molar refractivity (Wildman–Crippen MR) is 77.8 cm³/mol. The largest absolute Gasteiger partial charge is 0.293 e. The summed E-state index contributed by atoms with van der Waals surface area (Å²) >= 11 is 4.56. The number of nitrogens with zero attached hydrogens (tertiary/aromatic N) is 2. The van der Waals surface area contributed by atoms with Gasteiger partial charge in [-0.05, 0) is 13.2 Å². The molecule has 1 aromatic heterocycles. The van der Waals surface area contributed by atoms with Crippen molar-refractivity contribution in [2.45, 2.75) is 20.9 Å². The van der Waals surface area contributed by atoms with Crippen molar-refractivity contribution in [3.8, 4) is 0 Å². The van der Waals surface area contributed by atoms with Crippen molar-refractivity contribution in [1.82, 2.24) is 10.2 Å². The summed E-state index contributed by atoms with van der Waals surface area (Å²) in [6.45, 7) is 1.90. The number of thioether (sulfide) groups is 2. The molecule has 0 N–H and O–H groups in total. The van der Waals surface area contributed by atoms with E-state index in [0.717, 1.165) is 14.2 Å². The fourth-order valence-electron chi connectivity index (χ4n) is 1.37. The minimum absolute atomic E-state index is 0.126. The molecule has 6 heteroatoms. The van der Waals surface area contributed by atoms with Gasteiger partial charge in [-0.3, -0.25) is 4.79 Å². The van der Waals surface area contributed by atoms with Gasteiger partial charge in [0.25, 0.3) is 0 Å². The number of hydrogen-bond donors (Lipinski definition) is 0. The molecule has 0 spiro atoms. The van der Waals surface area contributed by atoms with Gasteiger partial charge in [0.15, 0.2) is 14.5 Å². The lowest BCUT2D eigenvalue weighted by Gasteiger charge is -2.07. The molecule has 0 saturated carbocycles. The van der Waals surface area contributed by atoms with Gasteiger partial charge in [0.1, 0.15) is 0 Å². The third-order valence-corrected chi connectivity index (χ3v) is 5.35. The number of aromatic nitrogens is 2. The van der Waals surface area contributed by atoms with E-state index in [1.807, 2.05) is 43.5 Å². The molecular formula is C12H12N2OS3. The van der Waals surface area contributed by atoms with Crippen LogP contribution in [0.1, 0.15) is 17.3 Å². The van der Waals surface area contributed by atoms with Crippen molar-refractivity contribution in [3.05, 3.63) is 35.9 Å². The molecule has 2 rings (SSSR count). The molecule has 1 heterocycles. The lowest BCUT2D eigenvalue weighted by atomic mass is 10.1. The van der Waals surface area contributed by atoms with Gasteiger partial charge in [-0.2, -0.15) is 0 Å². The Bertz CT molecular complexity index is 527. The first kappa shape index (κ1) is 13.6. The van der Waals surface area contributed by atoms with Crippen molar-refractivity contribution in [3.63, 3.8) is 0 Å². The van der Waals surface area contributed by atoms with Crippen molar-refractivity contribution >= 4 is 40.6 Å². The fraction of sp³-hybridized carbons (Fsp3) is 0.250. The van der Waals surface area contributed by atoms with Crippen molar-refractivity contribution in [2.75, 3.05) is 6.26 Å². The van der Waals surface area contributed by atoms with Gasteiger partial charge in [0.2, 0.25) is 0 Å². The van der Waals surface area contributed by atoms with Crippen molar-refractivity contribution in [1.29, 1.82) is 0 Å². The Kier molecular flexibility index (Phi) is 4.79. The second kappa shape index (κ2) is 6.36. The number of carbonyl (C=O) groups is 1. The molecule has 1 atom stereocenters. The second-order valence-electron chi connectivity index (χ2n) is 3.53. The number of ketones is 1. The second-order valence-corrected chi connectivity index (χ2v) is 7.15. The van der Waals surface area contributed by atoms with Crippen LogP contribution in [0.3, 0.4) is 0 Å². The summed E-state index contributed by atoms with van der Waals surface area (Å²) < 4.78 is 1.77. The Morgan fingerprint density at radius 2 is 1.89 bits per heavy atom. The maximum absolute atomic E-state index is 12.2.